The van der Waals surface area contributed by atoms with E-state index < -0.39 is 0 Å². The number of anilines is 1. The number of thiophene rings is 1. The lowest BCUT2D eigenvalue weighted by Gasteiger charge is -2.20. The SMILES string of the molecule is CCN(Cc1ccc(Cl)s1)C(=O)Nc1cnc2ccccc2c1. The first kappa shape index (κ1) is 15.8. The molecule has 3 rings (SSSR count). The van der Waals surface area contributed by atoms with Crippen molar-refractivity contribution < 1.29 is 4.79 Å². The van der Waals surface area contributed by atoms with Crippen LogP contribution >= 0.6 is 22.9 Å². The molecule has 0 aliphatic heterocycles. The molecule has 0 radical (unpaired) electrons. The van der Waals surface area contributed by atoms with Crippen molar-refractivity contribution in [1.82, 2.24) is 9.88 Å². The molecule has 0 fully saturated rings. The lowest BCUT2D eigenvalue weighted by molar-refractivity contribution is 0.212. The van der Waals surface area contributed by atoms with E-state index in [4.69, 9.17) is 11.6 Å². The number of nitrogens with one attached hydrogen (secondary N) is 1. The van der Waals surface area contributed by atoms with Crippen LogP contribution in [0.4, 0.5) is 10.5 Å². The molecule has 0 unspecified atom stereocenters. The number of fused-ring (bicyclic) bond motifs is 1. The third-order valence-corrected chi connectivity index (χ3v) is 4.70. The lowest BCUT2D eigenvalue weighted by Crippen LogP contribution is -2.34. The number of hydrogen-bond acceptors (Lipinski definition) is 3. The summed E-state index contributed by atoms with van der Waals surface area (Å²) in [6, 6.07) is 13.4. The van der Waals surface area contributed by atoms with Crippen molar-refractivity contribution >= 4 is 45.6 Å². The maximum absolute atomic E-state index is 12.4. The fourth-order valence-electron chi connectivity index (χ4n) is 2.29. The quantitative estimate of drug-likeness (QED) is 0.722. The molecule has 23 heavy (non-hydrogen) atoms. The van der Waals surface area contributed by atoms with E-state index in [0.717, 1.165) is 20.1 Å². The van der Waals surface area contributed by atoms with Crippen molar-refractivity contribution in [2.45, 2.75) is 13.5 Å². The van der Waals surface area contributed by atoms with Gasteiger partial charge in [0.15, 0.2) is 0 Å². The predicted molar refractivity (Wildman–Crippen MR) is 96.2 cm³/mol. The number of carbonyl (C=O) groups excluding carboxylic acids is 1. The Hall–Kier alpha value is -2.11. The second-order valence-electron chi connectivity index (χ2n) is 5.07. The number of nitrogens with zero attached hydrogens (tertiary/aromatic N) is 2. The van der Waals surface area contributed by atoms with E-state index in [-0.39, 0.29) is 6.03 Å². The number of halogens is 1. The van der Waals surface area contributed by atoms with Crippen LogP contribution in [0.5, 0.6) is 0 Å². The molecule has 0 atom stereocenters. The topological polar surface area (TPSA) is 45.2 Å². The maximum Gasteiger partial charge on any atom is 0.322 e. The molecule has 2 heterocycles. The van der Waals surface area contributed by atoms with Crippen LogP contribution in [0.2, 0.25) is 4.34 Å². The van der Waals surface area contributed by atoms with Crippen LogP contribution in [-0.4, -0.2) is 22.5 Å². The van der Waals surface area contributed by atoms with Crippen LogP contribution in [0, 0.1) is 0 Å². The maximum atomic E-state index is 12.4. The van der Waals surface area contributed by atoms with Gasteiger partial charge in [0.2, 0.25) is 0 Å². The van der Waals surface area contributed by atoms with Crippen LogP contribution in [0.25, 0.3) is 10.9 Å². The molecule has 2 amide bonds. The molecule has 2 aromatic heterocycles. The van der Waals surface area contributed by atoms with Gasteiger partial charge in [0.05, 0.1) is 28.3 Å². The van der Waals surface area contributed by atoms with Gasteiger partial charge >= 0.3 is 6.03 Å². The number of hydrogen-bond donors (Lipinski definition) is 1. The number of benzene rings is 1. The Balaban J connectivity index is 1.72. The Morgan fingerprint density at radius 3 is 2.87 bits per heavy atom. The van der Waals surface area contributed by atoms with E-state index in [2.05, 4.69) is 10.3 Å². The monoisotopic (exact) mass is 345 g/mol. The minimum absolute atomic E-state index is 0.144. The van der Waals surface area contributed by atoms with Gasteiger partial charge in [0.25, 0.3) is 0 Å². The van der Waals surface area contributed by atoms with Gasteiger partial charge in [-0.25, -0.2) is 4.79 Å². The van der Waals surface area contributed by atoms with Gasteiger partial charge in [-0.1, -0.05) is 29.8 Å². The van der Waals surface area contributed by atoms with E-state index in [1.165, 1.54) is 11.3 Å². The molecular weight excluding hydrogens is 330 g/mol. The highest BCUT2D eigenvalue weighted by Crippen LogP contribution is 2.23. The zero-order valence-corrected chi connectivity index (χ0v) is 14.2. The second kappa shape index (κ2) is 6.98. The highest BCUT2D eigenvalue weighted by atomic mass is 35.5. The van der Waals surface area contributed by atoms with Crippen molar-refractivity contribution in [3.05, 3.63) is 57.9 Å². The van der Waals surface area contributed by atoms with Gasteiger partial charge in [0, 0.05) is 16.8 Å². The zero-order chi connectivity index (χ0) is 16.2. The molecule has 0 aliphatic rings. The molecule has 6 heteroatoms. The number of amides is 2. The smallest absolute Gasteiger partial charge is 0.320 e. The summed E-state index contributed by atoms with van der Waals surface area (Å²) in [7, 11) is 0. The Kier molecular flexibility index (Phi) is 4.79. The molecule has 0 saturated carbocycles. The molecule has 118 valence electrons. The molecule has 0 bridgehead atoms. The van der Waals surface area contributed by atoms with Crippen molar-refractivity contribution in [3.8, 4) is 0 Å². The summed E-state index contributed by atoms with van der Waals surface area (Å²) < 4.78 is 0.732. The Morgan fingerprint density at radius 1 is 1.30 bits per heavy atom. The van der Waals surface area contributed by atoms with Crippen LogP contribution in [0.15, 0.2) is 48.7 Å². The first-order valence-corrected chi connectivity index (χ1v) is 8.50. The van der Waals surface area contributed by atoms with Crippen molar-refractivity contribution in [3.63, 3.8) is 0 Å². The summed E-state index contributed by atoms with van der Waals surface area (Å²) in [5.41, 5.74) is 1.60. The Morgan fingerprint density at radius 2 is 2.13 bits per heavy atom. The standard InChI is InChI=1S/C17H16ClN3OS/c1-2-21(11-14-7-8-16(18)23-14)17(22)20-13-9-12-5-3-4-6-15(12)19-10-13/h3-10H,2,11H2,1H3,(H,20,22). The van der Waals surface area contributed by atoms with Crippen LogP contribution in [0.1, 0.15) is 11.8 Å². The third-order valence-electron chi connectivity index (χ3n) is 3.49. The van der Waals surface area contributed by atoms with Crippen LogP contribution in [0.3, 0.4) is 0 Å². The fraction of sp³-hybridized carbons (Fsp3) is 0.176. The zero-order valence-electron chi connectivity index (χ0n) is 12.6. The van der Waals surface area contributed by atoms with Gasteiger partial charge in [0.1, 0.15) is 0 Å². The molecule has 3 aromatic rings. The van der Waals surface area contributed by atoms with E-state index in [9.17, 15) is 4.79 Å². The van der Waals surface area contributed by atoms with E-state index in [0.29, 0.717) is 18.8 Å². The summed E-state index contributed by atoms with van der Waals surface area (Å²) in [5, 5.41) is 3.91. The average Bonchev–Trinajstić information content (AvgIpc) is 2.97. The van der Waals surface area contributed by atoms with Crippen LogP contribution < -0.4 is 5.32 Å². The summed E-state index contributed by atoms with van der Waals surface area (Å²) in [6.45, 7) is 3.11. The highest BCUT2D eigenvalue weighted by molar-refractivity contribution is 7.16. The molecule has 1 aromatic carbocycles. The summed E-state index contributed by atoms with van der Waals surface area (Å²) in [4.78, 5) is 19.6. The highest BCUT2D eigenvalue weighted by Gasteiger charge is 2.13. The number of urea groups is 1. The number of carbonyl (C=O) groups is 1. The minimum Gasteiger partial charge on any atom is -0.320 e. The molecule has 1 N–H and O–H groups in total. The van der Waals surface area contributed by atoms with Crippen LogP contribution in [-0.2, 0) is 6.54 Å². The van der Waals surface area contributed by atoms with Gasteiger partial charge in [-0.15, -0.1) is 11.3 Å². The number of para-hydroxylation sites is 1. The van der Waals surface area contributed by atoms with Gasteiger partial charge < -0.3 is 10.2 Å². The van der Waals surface area contributed by atoms with E-state index in [1.54, 1.807) is 11.1 Å². The Labute approximate surface area is 143 Å². The largest absolute Gasteiger partial charge is 0.322 e. The molecule has 4 nitrogen and oxygen atoms in total. The summed E-state index contributed by atoms with van der Waals surface area (Å²) in [6.07, 6.45) is 1.68. The van der Waals surface area contributed by atoms with E-state index in [1.807, 2.05) is 49.4 Å². The number of aromatic nitrogens is 1. The molecule has 0 spiro atoms. The third kappa shape index (κ3) is 3.81. The first-order valence-electron chi connectivity index (χ1n) is 7.30. The lowest BCUT2D eigenvalue weighted by atomic mass is 10.2. The van der Waals surface area contributed by atoms with Crippen molar-refractivity contribution in [1.29, 1.82) is 0 Å². The average molecular weight is 346 g/mol. The second-order valence-corrected chi connectivity index (χ2v) is 6.87. The predicted octanol–water partition coefficient (Wildman–Crippen LogP) is 5.00. The van der Waals surface area contributed by atoms with Crippen molar-refractivity contribution in [2.75, 3.05) is 11.9 Å². The van der Waals surface area contributed by atoms with Gasteiger partial charge in [-0.3, -0.25) is 4.98 Å². The first-order chi connectivity index (χ1) is 11.2. The van der Waals surface area contributed by atoms with E-state index >= 15 is 0 Å². The molecule has 0 aliphatic carbocycles. The molecule has 0 saturated heterocycles. The number of pyridine rings is 1. The van der Waals surface area contributed by atoms with Gasteiger partial charge in [-0.05, 0) is 31.2 Å². The fourth-order valence-corrected chi connectivity index (χ4v) is 3.40. The molecular formula is C17H16ClN3OS. The van der Waals surface area contributed by atoms with Crippen molar-refractivity contribution in [2.24, 2.45) is 0 Å². The normalized spacial score (nSPS) is 10.7. The van der Waals surface area contributed by atoms with Gasteiger partial charge in [-0.2, -0.15) is 0 Å². The minimum atomic E-state index is -0.144. The summed E-state index contributed by atoms with van der Waals surface area (Å²) >= 11 is 7.43. The number of rotatable bonds is 4. The summed E-state index contributed by atoms with van der Waals surface area (Å²) in [5.74, 6) is 0. The Bertz CT molecular complexity index is 833.